The largest absolute Gasteiger partial charge is 0.397 e. The van der Waals surface area contributed by atoms with E-state index in [1.54, 1.807) is 11.3 Å². The molecule has 0 N–H and O–H groups in total. The quantitative estimate of drug-likeness (QED) is 0.661. The van der Waals surface area contributed by atoms with Crippen LogP contribution in [0, 0.1) is 0 Å². The van der Waals surface area contributed by atoms with Crippen molar-refractivity contribution in [2.45, 2.75) is 12.6 Å². The molecule has 3 aromatic rings. The molecular formula is C19H17F3N4OS. The van der Waals surface area contributed by atoms with E-state index in [4.69, 9.17) is 0 Å². The summed E-state index contributed by atoms with van der Waals surface area (Å²) in [5.41, 5.74) is 1.10. The molecule has 0 bridgehead atoms. The summed E-state index contributed by atoms with van der Waals surface area (Å²) in [6.45, 7) is 1.37. The van der Waals surface area contributed by atoms with Gasteiger partial charge >= 0.3 is 6.18 Å². The maximum absolute atomic E-state index is 12.4. The highest BCUT2D eigenvalue weighted by Crippen LogP contribution is 2.36. The monoisotopic (exact) mass is 406 g/mol. The van der Waals surface area contributed by atoms with Gasteiger partial charge in [-0.05, 0) is 11.6 Å². The number of hydrogen-bond donors (Lipinski definition) is 0. The molecule has 9 heteroatoms. The molecule has 1 aliphatic rings. The second kappa shape index (κ2) is 7.38. The zero-order chi connectivity index (χ0) is 19.7. The highest BCUT2D eigenvalue weighted by molar-refractivity contribution is 7.21. The Labute approximate surface area is 163 Å². The van der Waals surface area contributed by atoms with E-state index in [0.29, 0.717) is 13.1 Å². The van der Waals surface area contributed by atoms with E-state index in [0.717, 1.165) is 26.5 Å². The van der Waals surface area contributed by atoms with Gasteiger partial charge in [0.25, 0.3) is 0 Å². The first-order chi connectivity index (χ1) is 13.4. The number of piperazine rings is 1. The fraction of sp³-hybridized carbons (Fsp3) is 0.316. The minimum Gasteiger partial charge on any atom is -0.352 e. The Balaban J connectivity index is 1.53. The third-order valence-corrected chi connectivity index (χ3v) is 5.74. The van der Waals surface area contributed by atoms with Crippen LogP contribution in [-0.4, -0.2) is 53.1 Å². The van der Waals surface area contributed by atoms with Crippen molar-refractivity contribution in [3.8, 4) is 10.4 Å². The van der Waals surface area contributed by atoms with Gasteiger partial charge in [-0.25, -0.2) is 9.97 Å². The standard InChI is InChI=1S/C19H17F3N4OS/c20-19(21,22)11-16(27)25-6-8-26(9-7-25)17-14-10-15(13-4-2-1-3-5-13)28-18(14)24-12-23-17/h1-5,10,12H,6-9,11H2. The van der Waals surface area contributed by atoms with Gasteiger partial charge in [-0.2, -0.15) is 13.2 Å². The summed E-state index contributed by atoms with van der Waals surface area (Å²) in [6.07, 6.45) is -4.38. The predicted molar refractivity (Wildman–Crippen MR) is 102 cm³/mol. The number of anilines is 1. The van der Waals surface area contributed by atoms with Gasteiger partial charge in [0.15, 0.2) is 0 Å². The Morgan fingerprint density at radius 2 is 1.79 bits per heavy atom. The van der Waals surface area contributed by atoms with Gasteiger partial charge in [0.2, 0.25) is 5.91 Å². The molecule has 0 saturated carbocycles. The summed E-state index contributed by atoms with van der Waals surface area (Å²) in [5.74, 6) is -0.117. The van der Waals surface area contributed by atoms with Crippen molar-refractivity contribution in [1.29, 1.82) is 0 Å². The average molecular weight is 406 g/mol. The minimum absolute atomic E-state index is 0.246. The number of thiophene rings is 1. The molecule has 0 atom stereocenters. The first-order valence-corrected chi connectivity index (χ1v) is 9.62. The van der Waals surface area contributed by atoms with Gasteiger partial charge in [0, 0.05) is 31.1 Å². The molecule has 1 aromatic carbocycles. The highest BCUT2D eigenvalue weighted by Gasteiger charge is 2.34. The zero-order valence-electron chi connectivity index (χ0n) is 14.8. The molecule has 5 nitrogen and oxygen atoms in total. The Bertz CT molecular complexity index is 982. The van der Waals surface area contributed by atoms with Gasteiger partial charge in [0.1, 0.15) is 23.4 Å². The molecule has 1 amide bonds. The lowest BCUT2D eigenvalue weighted by molar-refractivity contribution is -0.161. The normalized spacial score (nSPS) is 15.2. The highest BCUT2D eigenvalue weighted by atomic mass is 32.1. The lowest BCUT2D eigenvalue weighted by atomic mass is 10.2. The van der Waals surface area contributed by atoms with Gasteiger partial charge in [-0.3, -0.25) is 4.79 Å². The van der Waals surface area contributed by atoms with Crippen molar-refractivity contribution < 1.29 is 18.0 Å². The van der Waals surface area contributed by atoms with Crippen molar-refractivity contribution in [3.63, 3.8) is 0 Å². The average Bonchev–Trinajstić information content (AvgIpc) is 3.12. The number of carbonyl (C=O) groups excluding carboxylic acids is 1. The number of hydrogen-bond acceptors (Lipinski definition) is 5. The SMILES string of the molecule is O=C(CC(F)(F)F)N1CCN(c2ncnc3sc(-c4ccccc4)cc23)CC1. The predicted octanol–water partition coefficient (Wildman–Crippen LogP) is 3.96. The smallest absolute Gasteiger partial charge is 0.352 e. The lowest BCUT2D eigenvalue weighted by Gasteiger charge is -2.35. The first kappa shape index (κ1) is 18.7. The van der Waals surface area contributed by atoms with Crippen molar-refractivity contribution in [1.82, 2.24) is 14.9 Å². The number of aromatic nitrogens is 2. The summed E-state index contributed by atoms with van der Waals surface area (Å²) in [6, 6.07) is 12.0. The Hall–Kier alpha value is -2.68. The van der Waals surface area contributed by atoms with Crippen LogP contribution in [0.5, 0.6) is 0 Å². The van der Waals surface area contributed by atoms with E-state index in [9.17, 15) is 18.0 Å². The van der Waals surface area contributed by atoms with Crippen LogP contribution < -0.4 is 4.90 Å². The van der Waals surface area contributed by atoms with E-state index in [-0.39, 0.29) is 13.1 Å². The molecule has 28 heavy (non-hydrogen) atoms. The summed E-state index contributed by atoms with van der Waals surface area (Å²) in [5, 5.41) is 0.918. The molecule has 1 aliphatic heterocycles. The minimum atomic E-state index is -4.47. The summed E-state index contributed by atoms with van der Waals surface area (Å²) in [4.78, 5) is 25.8. The lowest BCUT2D eigenvalue weighted by Crippen LogP contribution is -2.49. The topological polar surface area (TPSA) is 49.3 Å². The molecule has 1 saturated heterocycles. The van der Waals surface area contributed by atoms with Crippen LogP contribution in [0.2, 0.25) is 0 Å². The van der Waals surface area contributed by atoms with Crippen LogP contribution >= 0.6 is 11.3 Å². The second-order valence-corrected chi connectivity index (χ2v) is 7.58. The fourth-order valence-electron chi connectivity index (χ4n) is 3.29. The van der Waals surface area contributed by atoms with E-state index >= 15 is 0 Å². The van der Waals surface area contributed by atoms with Crippen LogP contribution in [0.4, 0.5) is 19.0 Å². The Kier molecular flexibility index (Phi) is 4.92. The van der Waals surface area contributed by atoms with Gasteiger partial charge in [0.05, 0.1) is 5.39 Å². The van der Waals surface area contributed by atoms with Crippen molar-refractivity contribution >= 4 is 33.3 Å². The van der Waals surface area contributed by atoms with Crippen molar-refractivity contribution in [2.75, 3.05) is 31.1 Å². The van der Waals surface area contributed by atoms with E-state index in [1.165, 1.54) is 11.2 Å². The molecule has 1 fully saturated rings. The first-order valence-electron chi connectivity index (χ1n) is 8.80. The van der Waals surface area contributed by atoms with Gasteiger partial charge in [-0.15, -0.1) is 11.3 Å². The molecule has 4 rings (SSSR count). The van der Waals surface area contributed by atoms with Gasteiger partial charge in [-0.1, -0.05) is 30.3 Å². The van der Waals surface area contributed by atoms with E-state index < -0.39 is 18.5 Å². The van der Waals surface area contributed by atoms with Gasteiger partial charge < -0.3 is 9.80 Å². The number of alkyl halides is 3. The number of rotatable bonds is 3. The molecule has 0 spiro atoms. The fourth-order valence-corrected chi connectivity index (χ4v) is 4.29. The molecule has 0 aliphatic carbocycles. The second-order valence-electron chi connectivity index (χ2n) is 6.55. The van der Waals surface area contributed by atoms with Crippen molar-refractivity contribution in [3.05, 3.63) is 42.7 Å². The molecule has 2 aromatic heterocycles. The van der Waals surface area contributed by atoms with Crippen LogP contribution in [0.15, 0.2) is 42.7 Å². The summed E-state index contributed by atoms with van der Waals surface area (Å²) >= 11 is 1.57. The molecule has 0 radical (unpaired) electrons. The van der Waals surface area contributed by atoms with E-state index in [1.807, 2.05) is 41.3 Å². The molecule has 146 valence electrons. The third kappa shape index (κ3) is 3.94. The van der Waals surface area contributed by atoms with Crippen LogP contribution in [0.3, 0.4) is 0 Å². The number of amides is 1. The maximum Gasteiger partial charge on any atom is 0.397 e. The Morgan fingerprint density at radius 1 is 1.07 bits per heavy atom. The van der Waals surface area contributed by atoms with Crippen molar-refractivity contribution in [2.24, 2.45) is 0 Å². The number of benzene rings is 1. The van der Waals surface area contributed by atoms with Crippen LogP contribution in [0.1, 0.15) is 6.42 Å². The number of halogens is 3. The molecular weight excluding hydrogens is 389 g/mol. The van der Waals surface area contributed by atoms with Crippen LogP contribution in [-0.2, 0) is 4.79 Å². The zero-order valence-corrected chi connectivity index (χ0v) is 15.6. The van der Waals surface area contributed by atoms with E-state index in [2.05, 4.69) is 9.97 Å². The summed E-state index contributed by atoms with van der Waals surface area (Å²) < 4.78 is 37.3. The maximum atomic E-state index is 12.4. The number of nitrogens with zero attached hydrogens (tertiary/aromatic N) is 4. The number of carbonyl (C=O) groups is 1. The third-order valence-electron chi connectivity index (χ3n) is 4.65. The molecule has 0 unspecified atom stereocenters. The number of fused-ring (bicyclic) bond motifs is 1. The summed E-state index contributed by atoms with van der Waals surface area (Å²) in [7, 11) is 0. The molecule has 3 heterocycles. The Morgan fingerprint density at radius 3 is 2.46 bits per heavy atom. The van der Waals surface area contributed by atoms with Crippen LogP contribution in [0.25, 0.3) is 20.7 Å².